The summed E-state index contributed by atoms with van der Waals surface area (Å²) in [5, 5.41) is 9.33. The second-order valence-electron chi connectivity index (χ2n) is 8.51. The van der Waals surface area contributed by atoms with Gasteiger partial charge in [0.2, 0.25) is 5.91 Å². The second-order valence-corrected chi connectivity index (χ2v) is 9.45. The van der Waals surface area contributed by atoms with Crippen molar-refractivity contribution in [3.63, 3.8) is 0 Å². The summed E-state index contributed by atoms with van der Waals surface area (Å²) in [6, 6.07) is 13.7. The van der Waals surface area contributed by atoms with Crippen LogP contribution >= 0.6 is 11.8 Å². The number of benzene rings is 2. The highest BCUT2D eigenvalue weighted by molar-refractivity contribution is 7.99. The van der Waals surface area contributed by atoms with E-state index in [0.717, 1.165) is 17.3 Å². The van der Waals surface area contributed by atoms with E-state index < -0.39 is 0 Å². The van der Waals surface area contributed by atoms with Crippen molar-refractivity contribution in [1.29, 1.82) is 0 Å². The summed E-state index contributed by atoms with van der Waals surface area (Å²) in [6.45, 7) is 5.33. The molecule has 1 aliphatic rings. The Balaban J connectivity index is 1.46. The van der Waals surface area contributed by atoms with Crippen molar-refractivity contribution in [2.24, 2.45) is 0 Å². The van der Waals surface area contributed by atoms with Crippen LogP contribution in [0.25, 0.3) is 5.69 Å². The number of fused-ring (bicyclic) bond motifs is 1. The maximum absolute atomic E-state index is 13.5. The van der Waals surface area contributed by atoms with E-state index in [-0.39, 0.29) is 29.6 Å². The van der Waals surface area contributed by atoms with Crippen molar-refractivity contribution in [3.8, 4) is 17.2 Å². The number of thioether (sulfide) groups is 1. The third-order valence-electron chi connectivity index (χ3n) is 5.94. The highest BCUT2D eigenvalue weighted by atomic mass is 32.2. The van der Waals surface area contributed by atoms with Crippen LogP contribution in [0.4, 0.5) is 4.39 Å². The summed E-state index contributed by atoms with van der Waals surface area (Å²) in [6.07, 6.45) is -0.241. The number of aromatic nitrogens is 3. The molecule has 4 rings (SSSR count). The lowest BCUT2D eigenvalue weighted by Crippen LogP contribution is -2.44. The third-order valence-corrected chi connectivity index (χ3v) is 6.86. The molecule has 10 heteroatoms. The van der Waals surface area contributed by atoms with E-state index >= 15 is 0 Å². The zero-order valence-corrected chi connectivity index (χ0v) is 21.2. The van der Waals surface area contributed by atoms with Crippen LogP contribution in [0.5, 0.6) is 11.5 Å². The van der Waals surface area contributed by atoms with Gasteiger partial charge in [0.1, 0.15) is 12.4 Å². The quantitative estimate of drug-likeness (QED) is 0.415. The topological polar surface area (TPSA) is 72.7 Å². The van der Waals surface area contributed by atoms with Gasteiger partial charge in [0, 0.05) is 12.2 Å². The summed E-state index contributed by atoms with van der Waals surface area (Å²) in [7, 11) is 3.92. The maximum atomic E-state index is 13.5. The molecule has 1 aliphatic heterocycles. The SMILES string of the molecule is CCN(CC1COc2ccccc2O1)C(=O)CSc1nnc(C(C)N(C)C)n1-c1ccc(F)cc1. The number of hydrogen-bond acceptors (Lipinski definition) is 7. The molecule has 1 aromatic heterocycles. The average molecular weight is 500 g/mol. The first-order chi connectivity index (χ1) is 16.9. The van der Waals surface area contributed by atoms with Crippen LogP contribution in [0.15, 0.2) is 53.7 Å². The Morgan fingerprint density at radius 1 is 1.17 bits per heavy atom. The van der Waals surface area contributed by atoms with Crippen LogP contribution in [0.3, 0.4) is 0 Å². The number of carbonyl (C=O) groups is 1. The van der Waals surface area contributed by atoms with Crippen molar-refractivity contribution in [2.45, 2.75) is 31.1 Å². The molecule has 186 valence electrons. The van der Waals surface area contributed by atoms with Crippen molar-refractivity contribution in [3.05, 3.63) is 60.2 Å². The smallest absolute Gasteiger partial charge is 0.233 e. The first-order valence-electron chi connectivity index (χ1n) is 11.5. The van der Waals surface area contributed by atoms with Crippen LogP contribution in [0.2, 0.25) is 0 Å². The highest BCUT2D eigenvalue weighted by Gasteiger charge is 2.26. The van der Waals surface area contributed by atoms with Gasteiger partial charge in [-0.15, -0.1) is 10.2 Å². The van der Waals surface area contributed by atoms with Crippen LogP contribution < -0.4 is 9.47 Å². The second kappa shape index (κ2) is 11.1. The molecule has 0 spiro atoms. The number of rotatable bonds is 9. The van der Waals surface area contributed by atoms with Gasteiger partial charge in [-0.2, -0.15) is 0 Å². The van der Waals surface area contributed by atoms with Gasteiger partial charge in [-0.25, -0.2) is 4.39 Å². The predicted molar refractivity (Wildman–Crippen MR) is 133 cm³/mol. The summed E-state index contributed by atoms with van der Waals surface area (Å²) in [5.74, 6) is 1.97. The van der Waals surface area contributed by atoms with Crippen molar-refractivity contribution in [2.75, 3.05) is 39.5 Å². The monoisotopic (exact) mass is 499 g/mol. The zero-order valence-electron chi connectivity index (χ0n) is 20.3. The van der Waals surface area contributed by atoms with Gasteiger partial charge in [0.25, 0.3) is 0 Å². The Morgan fingerprint density at radius 3 is 2.57 bits per heavy atom. The molecular weight excluding hydrogens is 469 g/mol. The van der Waals surface area contributed by atoms with Gasteiger partial charge in [0.05, 0.1) is 18.3 Å². The number of amides is 1. The summed E-state index contributed by atoms with van der Waals surface area (Å²) < 4.78 is 27.2. The fraction of sp³-hybridized carbons (Fsp3) is 0.400. The Bertz CT molecular complexity index is 1150. The summed E-state index contributed by atoms with van der Waals surface area (Å²) >= 11 is 1.31. The largest absolute Gasteiger partial charge is 0.486 e. The van der Waals surface area contributed by atoms with E-state index in [2.05, 4.69) is 10.2 Å². The lowest BCUT2D eigenvalue weighted by Gasteiger charge is -2.30. The molecule has 0 saturated heterocycles. The molecule has 35 heavy (non-hydrogen) atoms. The first kappa shape index (κ1) is 25.0. The fourth-order valence-electron chi connectivity index (χ4n) is 3.73. The molecule has 2 aromatic carbocycles. The number of para-hydroxylation sites is 2. The Morgan fingerprint density at radius 2 is 1.89 bits per heavy atom. The van der Waals surface area contributed by atoms with Gasteiger partial charge in [-0.1, -0.05) is 23.9 Å². The van der Waals surface area contributed by atoms with Crippen LogP contribution in [-0.2, 0) is 4.79 Å². The van der Waals surface area contributed by atoms with E-state index in [1.54, 1.807) is 17.0 Å². The fourth-order valence-corrected chi connectivity index (χ4v) is 4.59. The molecule has 0 aliphatic carbocycles. The predicted octanol–water partition coefficient (Wildman–Crippen LogP) is 3.81. The van der Waals surface area contributed by atoms with Gasteiger partial charge in [0.15, 0.2) is 28.6 Å². The highest BCUT2D eigenvalue weighted by Crippen LogP contribution is 2.31. The molecule has 2 unspecified atom stereocenters. The Labute approximate surface area is 209 Å². The number of halogens is 1. The van der Waals surface area contributed by atoms with Crippen LogP contribution in [-0.4, -0.2) is 76.1 Å². The standard InChI is InChI=1S/C25H30FN5O3S/c1-5-30(14-20-15-33-21-8-6-7-9-22(21)34-20)23(32)16-35-25-28-27-24(17(2)29(3)4)31(25)19-12-10-18(26)11-13-19/h6-13,17,20H,5,14-16H2,1-4H3. The van der Waals surface area contributed by atoms with Crippen LogP contribution in [0, 0.1) is 5.82 Å². The van der Waals surface area contributed by atoms with Gasteiger partial charge < -0.3 is 14.4 Å². The molecule has 0 saturated carbocycles. The number of likely N-dealkylation sites (N-methyl/N-ethyl adjacent to an activating group) is 1. The Kier molecular flexibility index (Phi) is 7.92. The minimum atomic E-state index is -0.316. The molecule has 0 N–H and O–H groups in total. The Hall–Kier alpha value is -3.11. The zero-order chi connectivity index (χ0) is 24.9. The molecule has 1 amide bonds. The van der Waals surface area contributed by atoms with Crippen molar-refractivity contribution >= 4 is 17.7 Å². The number of ether oxygens (including phenoxy) is 2. The van der Waals surface area contributed by atoms with Gasteiger partial charge in [-0.3, -0.25) is 14.3 Å². The normalized spacial score (nSPS) is 15.8. The summed E-state index contributed by atoms with van der Waals surface area (Å²) in [5.41, 5.74) is 0.744. The lowest BCUT2D eigenvalue weighted by atomic mass is 10.2. The van der Waals surface area contributed by atoms with E-state index in [1.165, 1.54) is 23.9 Å². The molecule has 0 fully saturated rings. The molecule has 0 radical (unpaired) electrons. The van der Waals surface area contributed by atoms with E-state index in [0.29, 0.717) is 30.6 Å². The number of nitrogens with zero attached hydrogens (tertiary/aromatic N) is 5. The van der Waals surface area contributed by atoms with E-state index in [4.69, 9.17) is 9.47 Å². The summed E-state index contributed by atoms with van der Waals surface area (Å²) in [4.78, 5) is 16.9. The maximum Gasteiger partial charge on any atom is 0.233 e. The third kappa shape index (κ3) is 5.76. The lowest BCUT2D eigenvalue weighted by molar-refractivity contribution is -0.129. The van der Waals surface area contributed by atoms with E-state index in [9.17, 15) is 9.18 Å². The van der Waals surface area contributed by atoms with Crippen LogP contribution in [0.1, 0.15) is 25.7 Å². The van der Waals surface area contributed by atoms with Crippen molar-refractivity contribution < 1.29 is 18.7 Å². The van der Waals surface area contributed by atoms with Crippen molar-refractivity contribution in [1.82, 2.24) is 24.6 Å². The number of carbonyl (C=O) groups excluding carboxylic acids is 1. The minimum Gasteiger partial charge on any atom is -0.486 e. The molecule has 3 aromatic rings. The number of hydrogen-bond donors (Lipinski definition) is 0. The minimum absolute atomic E-state index is 0.0314. The van der Waals surface area contributed by atoms with Gasteiger partial charge >= 0.3 is 0 Å². The molecular formula is C25H30FN5O3S. The first-order valence-corrected chi connectivity index (χ1v) is 12.5. The molecule has 2 atom stereocenters. The van der Waals surface area contributed by atoms with Gasteiger partial charge in [-0.05, 0) is 64.3 Å². The average Bonchev–Trinajstić information content (AvgIpc) is 3.29. The molecule has 2 heterocycles. The molecule has 0 bridgehead atoms. The molecule has 8 nitrogen and oxygen atoms in total. The van der Waals surface area contributed by atoms with E-state index in [1.807, 2.05) is 61.7 Å².